The average Bonchev–Trinajstić information content (AvgIpc) is 2.80. The maximum absolute atomic E-state index is 9.18. The molecular formula is C20H22Cl2N2OS. The van der Waals surface area contributed by atoms with Crippen molar-refractivity contribution in [2.24, 2.45) is 0 Å². The van der Waals surface area contributed by atoms with Gasteiger partial charge in [0, 0.05) is 53.6 Å². The first-order chi connectivity index (χ1) is 12.7. The Labute approximate surface area is 168 Å². The molecule has 1 saturated heterocycles. The molecule has 1 N–H and O–H groups in total. The Kier molecular flexibility index (Phi) is 5.79. The summed E-state index contributed by atoms with van der Waals surface area (Å²) in [5, 5.41) is 10.8. The summed E-state index contributed by atoms with van der Waals surface area (Å²) in [6.45, 7) is 4.96. The zero-order chi connectivity index (χ0) is 18.1. The molecule has 138 valence electrons. The van der Waals surface area contributed by atoms with E-state index >= 15 is 0 Å². The Hall–Kier alpha value is -0.750. The summed E-state index contributed by atoms with van der Waals surface area (Å²) in [7, 11) is 0. The molecule has 0 radical (unpaired) electrons. The lowest BCUT2D eigenvalue weighted by Gasteiger charge is -2.39. The van der Waals surface area contributed by atoms with E-state index in [1.807, 2.05) is 12.1 Å². The summed E-state index contributed by atoms with van der Waals surface area (Å²) in [6, 6.07) is 12.7. The lowest BCUT2D eigenvalue weighted by atomic mass is 9.96. The predicted octanol–water partition coefficient (Wildman–Crippen LogP) is 4.35. The molecule has 0 spiro atoms. The van der Waals surface area contributed by atoms with Gasteiger partial charge in [0.25, 0.3) is 0 Å². The largest absolute Gasteiger partial charge is 0.395 e. The zero-order valence-corrected chi connectivity index (χ0v) is 16.8. The van der Waals surface area contributed by atoms with Crippen LogP contribution in [0.5, 0.6) is 0 Å². The molecule has 0 bridgehead atoms. The minimum atomic E-state index is 0.227. The van der Waals surface area contributed by atoms with Crippen LogP contribution in [0.25, 0.3) is 0 Å². The van der Waals surface area contributed by atoms with E-state index in [0.29, 0.717) is 6.04 Å². The molecule has 0 aromatic heterocycles. The summed E-state index contributed by atoms with van der Waals surface area (Å²) in [4.78, 5) is 7.29. The van der Waals surface area contributed by atoms with Crippen molar-refractivity contribution in [1.82, 2.24) is 9.80 Å². The predicted molar refractivity (Wildman–Crippen MR) is 109 cm³/mol. The fraction of sp³-hybridized carbons (Fsp3) is 0.400. The van der Waals surface area contributed by atoms with Crippen molar-refractivity contribution in [2.45, 2.75) is 22.3 Å². The Balaban J connectivity index is 1.68. The maximum Gasteiger partial charge on any atom is 0.0558 e. The maximum atomic E-state index is 9.18. The van der Waals surface area contributed by atoms with Crippen LogP contribution in [0.1, 0.15) is 17.2 Å². The number of aliphatic hydroxyl groups excluding tert-OH is 1. The molecule has 2 aromatic carbocycles. The summed E-state index contributed by atoms with van der Waals surface area (Å²) in [6.07, 6.45) is 0.941. The van der Waals surface area contributed by atoms with Crippen LogP contribution in [0.4, 0.5) is 0 Å². The van der Waals surface area contributed by atoms with E-state index in [1.54, 1.807) is 11.8 Å². The molecule has 0 saturated carbocycles. The number of fused-ring (bicyclic) bond motifs is 2. The van der Waals surface area contributed by atoms with Crippen LogP contribution in [0.3, 0.4) is 0 Å². The van der Waals surface area contributed by atoms with Gasteiger partial charge in [-0.2, -0.15) is 0 Å². The zero-order valence-electron chi connectivity index (χ0n) is 14.5. The van der Waals surface area contributed by atoms with Crippen LogP contribution < -0.4 is 0 Å². The minimum Gasteiger partial charge on any atom is -0.395 e. The highest BCUT2D eigenvalue weighted by atomic mass is 35.5. The summed E-state index contributed by atoms with van der Waals surface area (Å²) < 4.78 is 0. The van der Waals surface area contributed by atoms with Gasteiger partial charge in [0.1, 0.15) is 0 Å². The van der Waals surface area contributed by atoms with E-state index < -0.39 is 0 Å². The Morgan fingerprint density at radius 3 is 2.65 bits per heavy atom. The monoisotopic (exact) mass is 408 g/mol. The Bertz CT molecular complexity index is 793. The van der Waals surface area contributed by atoms with Gasteiger partial charge in [0.2, 0.25) is 0 Å². The number of hydrogen-bond acceptors (Lipinski definition) is 4. The van der Waals surface area contributed by atoms with Crippen molar-refractivity contribution >= 4 is 35.0 Å². The van der Waals surface area contributed by atoms with Crippen molar-refractivity contribution in [3.8, 4) is 0 Å². The van der Waals surface area contributed by atoms with Crippen molar-refractivity contribution in [2.75, 3.05) is 39.3 Å². The molecule has 2 aliphatic heterocycles. The molecule has 4 rings (SSSR count). The molecule has 2 aromatic rings. The van der Waals surface area contributed by atoms with E-state index in [9.17, 15) is 5.11 Å². The Morgan fingerprint density at radius 2 is 1.88 bits per heavy atom. The number of aliphatic hydroxyl groups is 1. The average molecular weight is 409 g/mol. The number of piperazine rings is 1. The van der Waals surface area contributed by atoms with E-state index in [2.05, 4.69) is 34.1 Å². The highest BCUT2D eigenvalue weighted by Gasteiger charge is 2.30. The summed E-state index contributed by atoms with van der Waals surface area (Å²) >= 11 is 14.6. The van der Waals surface area contributed by atoms with Crippen LogP contribution in [-0.4, -0.2) is 54.2 Å². The smallest absolute Gasteiger partial charge is 0.0558 e. The summed E-state index contributed by atoms with van der Waals surface area (Å²) in [5.74, 6) is 0. The van der Waals surface area contributed by atoms with Gasteiger partial charge < -0.3 is 5.11 Å². The third-order valence-corrected chi connectivity index (χ3v) is 7.21. The molecule has 0 amide bonds. The van der Waals surface area contributed by atoms with Gasteiger partial charge in [-0.05, 0) is 41.8 Å². The standard InChI is InChI=1S/C20H22Cl2N2OS/c21-15-4-5-19-14(12-15)13-18(16-2-1-3-17(22)20(16)26-19)24-8-6-23(7-9-24)10-11-25/h1-5,12,18,25H,6-11,13H2/t18-/m0/s1. The van der Waals surface area contributed by atoms with Crippen LogP contribution in [-0.2, 0) is 6.42 Å². The third-order valence-electron chi connectivity index (χ3n) is 5.27. The molecule has 6 heteroatoms. The molecule has 1 fully saturated rings. The second-order valence-electron chi connectivity index (χ2n) is 6.83. The van der Waals surface area contributed by atoms with Gasteiger partial charge in [-0.25, -0.2) is 0 Å². The van der Waals surface area contributed by atoms with Crippen molar-refractivity contribution in [3.63, 3.8) is 0 Å². The fourth-order valence-corrected chi connectivity index (χ4v) is 5.51. The lowest BCUT2D eigenvalue weighted by molar-refractivity contribution is 0.0823. The lowest BCUT2D eigenvalue weighted by Crippen LogP contribution is -2.48. The minimum absolute atomic E-state index is 0.227. The third kappa shape index (κ3) is 3.77. The summed E-state index contributed by atoms with van der Waals surface area (Å²) in [5.41, 5.74) is 2.60. The van der Waals surface area contributed by atoms with E-state index in [0.717, 1.165) is 54.1 Å². The van der Waals surface area contributed by atoms with Gasteiger partial charge in [0.15, 0.2) is 0 Å². The molecule has 2 aliphatic rings. The molecular weight excluding hydrogens is 387 g/mol. The van der Waals surface area contributed by atoms with Gasteiger partial charge in [0.05, 0.1) is 11.6 Å². The normalized spacial score (nSPS) is 21.1. The quantitative estimate of drug-likeness (QED) is 0.816. The fourth-order valence-electron chi connectivity index (χ4n) is 3.90. The number of benzene rings is 2. The number of rotatable bonds is 3. The molecule has 0 aliphatic carbocycles. The molecule has 0 unspecified atom stereocenters. The SMILES string of the molecule is OCCN1CCN([C@H]2Cc3cc(Cl)ccc3Sc3c(Cl)cccc32)CC1. The number of hydrogen-bond donors (Lipinski definition) is 1. The second-order valence-corrected chi connectivity index (χ2v) is 8.73. The molecule has 3 nitrogen and oxygen atoms in total. The van der Waals surface area contributed by atoms with Gasteiger partial charge in [-0.3, -0.25) is 9.80 Å². The van der Waals surface area contributed by atoms with Crippen molar-refractivity contribution < 1.29 is 5.11 Å². The van der Waals surface area contributed by atoms with E-state index in [4.69, 9.17) is 23.2 Å². The number of halogens is 2. The Morgan fingerprint density at radius 1 is 1.08 bits per heavy atom. The van der Waals surface area contributed by atoms with Crippen molar-refractivity contribution in [3.05, 3.63) is 57.6 Å². The first kappa shape index (κ1) is 18.6. The highest BCUT2D eigenvalue weighted by Crippen LogP contribution is 2.46. The van der Waals surface area contributed by atoms with Crippen molar-refractivity contribution in [1.29, 1.82) is 0 Å². The van der Waals surface area contributed by atoms with Gasteiger partial charge in [-0.15, -0.1) is 0 Å². The highest BCUT2D eigenvalue weighted by molar-refractivity contribution is 7.99. The number of β-amino-alcohol motifs (C(OH)–C–C–N with tert-alkyl or cyclic N) is 1. The molecule has 26 heavy (non-hydrogen) atoms. The second kappa shape index (κ2) is 8.09. The number of nitrogens with zero attached hydrogens (tertiary/aromatic N) is 2. The van der Waals surface area contributed by atoms with E-state index in [-0.39, 0.29) is 6.61 Å². The van der Waals surface area contributed by atoms with E-state index in [1.165, 1.54) is 16.0 Å². The first-order valence-electron chi connectivity index (χ1n) is 8.97. The van der Waals surface area contributed by atoms with Crippen LogP contribution in [0, 0.1) is 0 Å². The molecule has 1 atom stereocenters. The topological polar surface area (TPSA) is 26.7 Å². The van der Waals surface area contributed by atoms with Crippen LogP contribution in [0.2, 0.25) is 10.0 Å². The van der Waals surface area contributed by atoms with Gasteiger partial charge >= 0.3 is 0 Å². The molecule has 2 heterocycles. The van der Waals surface area contributed by atoms with Gasteiger partial charge in [-0.1, -0.05) is 47.1 Å². The van der Waals surface area contributed by atoms with Crippen LogP contribution >= 0.6 is 35.0 Å². The first-order valence-corrected chi connectivity index (χ1v) is 10.5. The van der Waals surface area contributed by atoms with Crippen LogP contribution in [0.15, 0.2) is 46.2 Å².